The molecule has 0 unspecified atom stereocenters. The Morgan fingerprint density at radius 3 is 2.77 bits per heavy atom. The zero-order valence-electron chi connectivity index (χ0n) is 13.4. The summed E-state index contributed by atoms with van der Waals surface area (Å²) in [6, 6.07) is 2.05. The lowest BCUT2D eigenvalue weighted by Gasteiger charge is -2.56. The molecule has 22 heavy (non-hydrogen) atoms. The van der Waals surface area contributed by atoms with E-state index in [4.69, 9.17) is 4.74 Å². The fraction of sp³-hybridized carbons (Fsp3) is 0.706. The lowest BCUT2D eigenvalue weighted by Crippen LogP contribution is -2.62. The number of ether oxygens (including phenoxy) is 1. The van der Waals surface area contributed by atoms with E-state index in [0.29, 0.717) is 6.61 Å². The summed E-state index contributed by atoms with van der Waals surface area (Å²) in [5.41, 5.74) is 1.03. The first-order valence-electron chi connectivity index (χ1n) is 8.27. The van der Waals surface area contributed by atoms with Crippen LogP contribution >= 0.6 is 11.3 Å². The summed E-state index contributed by atoms with van der Waals surface area (Å²) in [5.74, 6) is 0.156. The van der Waals surface area contributed by atoms with Crippen LogP contribution in [-0.4, -0.2) is 47.8 Å². The van der Waals surface area contributed by atoms with Gasteiger partial charge in [0.15, 0.2) is 0 Å². The number of hydrogen-bond donors (Lipinski definition) is 1. The summed E-state index contributed by atoms with van der Waals surface area (Å²) in [5, 5.41) is 12.2. The number of carbonyl (C=O) groups excluding carboxylic acids is 1. The van der Waals surface area contributed by atoms with Gasteiger partial charge in [-0.1, -0.05) is 6.92 Å². The number of likely N-dealkylation sites (tertiary alicyclic amines) is 1. The number of aryl methyl sites for hydroxylation is 1. The van der Waals surface area contributed by atoms with Gasteiger partial charge in [0.05, 0.1) is 17.1 Å². The molecule has 1 spiro atoms. The average molecular weight is 323 g/mol. The van der Waals surface area contributed by atoms with E-state index >= 15 is 0 Å². The Morgan fingerprint density at radius 2 is 2.18 bits per heavy atom. The van der Waals surface area contributed by atoms with E-state index in [-0.39, 0.29) is 23.5 Å². The Bertz CT molecular complexity index is 532. The predicted octanol–water partition coefficient (Wildman–Crippen LogP) is 2.70. The molecule has 0 aromatic carbocycles. The molecule has 1 aliphatic heterocycles. The van der Waals surface area contributed by atoms with Crippen LogP contribution in [0.3, 0.4) is 0 Å². The van der Waals surface area contributed by atoms with Crippen LogP contribution in [0.1, 0.15) is 48.3 Å². The normalized spacial score (nSPS) is 27.0. The number of piperidine rings is 1. The molecule has 2 heterocycles. The number of aliphatic hydroxyl groups excluding tert-OH is 1. The summed E-state index contributed by atoms with van der Waals surface area (Å²) in [7, 11) is 0. The maximum Gasteiger partial charge on any atom is 0.264 e. The highest BCUT2D eigenvalue weighted by Gasteiger charge is 2.56. The first-order chi connectivity index (χ1) is 10.6. The summed E-state index contributed by atoms with van der Waals surface area (Å²) >= 11 is 1.54. The molecule has 1 saturated carbocycles. The van der Waals surface area contributed by atoms with Crippen molar-refractivity contribution in [2.75, 3.05) is 19.7 Å². The highest BCUT2D eigenvalue weighted by Crippen LogP contribution is 2.51. The fourth-order valence-corrected chi connectivity index (χ4v) is 4.85. The minimum atomic E-state index is -0.269. The number of amides is 1. The number of rotatable bonds is 4. The van der Waals surface area contributed by atoms with Crippen molar-refractivity contribution < 1.29 is 14.6 Å². The minimum Gasteiger partial charge on any atom is -0.392 e. The molecule has 1 saturated heterocycles. The molecule has 0 bridgehead atoms. The SMILES string of the molecule is CCO[C@@H]1C[C@@H](O)C12CCN(C(=O)c1sccc1CC)CC2. The third kappa shape index (κ3) is 2.49. The van der Waals surface area contributed by atoms with E-state index in [0.717, 1.165) is 49.2 Å². The molecule has 2 atom stereocenters. The summed E-state index contributed by atoms with van der Waals surface area (Å²) in [4.78, 5) is 15.5. The van der Waals surface area contributed by atoms with E-state index in [1.54, 1.807) is 0 Å². The van der Waals surface area contributed by atoms with Crippen LogP contribution in [-0.2, 0) is 11.2 Å². The predicted molar refractivity (Wildman–Crippen MR) is 87.3 cm³/mol. The van der Waals surface area contributed by atoms with E-state index in [1.165, 1.54) is 11.3 Å². The molecule has 2 aliphatic rings. The molecule has 122 valence electrons. The second-order valence-corrected chi connectivity index (χ2v) is 7.27. The van der Waals surface area contributed by atoms with Gasteiger partial charge in [-0.2, -0.15) is 0 Å². The topological polar surface area (TPSA) is 49.8 Å². The zero-order chi connectivity index (χ0) is 15.7. The van der Waals surface area contributed by atoms with Crippen LogP contribution < -0.4 is 0 Å². The molecule has 1 aromatic rings. The number of aliphatic hydroxyl groups is 1. The third-order valence-electron chi connectivity index (χ3n) is 5.41. The van der Waals surface area contributed by atoms with Crippen LogP contribution in [0.4, 0.5) is 0 Å². The van der Waals surface area contributed by atoms with Crippen LogP contribution in [0.5, 0.6) is 0 Å². The Labute approximate surface area is 136 Å². The van der Waals surface area contributed by atoms with Crippen molar-refractivity contribution in [2.45, 2.75) is 51.7 Å². The van der Waals surface area contributed by atoms with E-state index in [2.05, 4.69) is 6.92 Å². The minimum absolute atomic E-state index is 0.115. The largest absolute Gasteiger partial charge is 0.392 e. The summed E-state index contributed by atoms with van der Waals surface area (Å²) in [6.45, 7) is 6.22. The molecule has 5 heteroatoms. The fourth-order valence-electron chi connectivity index (χ4n) is 3.89. The standard InChI is InChI=1S/C17H25NO3S/c1-3-12-5-10-22-15(12)16(20)18-8-6-17(7-9-18)13(19)11-14(17)21-4-2/h5,10,13-14,19H,3-4,6-9,11H2,1-2H3/t13-,14-/m1/s1. The Balaban J connectivity index is 1.65. The van der Waals surface area contributed by atoms with Crippen molar-refractivity contribution in [1.29, 1.82) is 0 Å². The van der Waals surface area contributed by atoms with E-state index in [9.17, 15) is 9.90 Å². The monoisotopic (exact) mass is 323 g/mol. The highest BCUT2D eigenvalue weighted by atomic mass is 32.1. The Kier molecular flexibility index (Phi) is 4.57. The summed E-state index contributed by atoms with van der Waals surface area (Å²) < 4.78 is 5.78. The van der Waals surface area contributed by atoms with Crippen molar-refractivity contribution in [2.24, 2.45) is 5.41 Å². The Morgan fingerprint density at radius 1 is 1.45 bits per heavy atom. The zero-order valence-corrected chi connectivity index (χ0v) is 14.2. The Hall–Kier alpha value is -0.910. The van der Waals surface area contributed by atoms with Gasteiger partial charge in [-0.3, -0.25) is 4.79 Å². The van der Waals surface area contributed by atoms with Gasteiger partial charge in [0.1, 0.15) is 0 Å². The second kappa shape index (κ2) is 6.30. The molecule has 4 nitrogen and oxygen atoms in total. The number of hydrogen-bond acceptors (Lipinski definition) is 4. The maximum atomic E-state index is 12.7. The molecule has 1 amide bonds. The van der Waals surface area contributed by atoms with Gasteiger partial charge in [-0.05, 0) is 43.2 Å². The molecule has 0 radical (unpaired) electrons. The third-order valence-corrected chi connectivity index (χ3v) is 6.36. The van der Waals surface area contributed by atoms with Crippen LogP contribution in [0, 0.1) is 5.41 Å². The molecule has 1 N–H and O–H groups in total. The van der Waals surface area contributed by atoms with Gasteiger partial charge in [0, 0.05) is 31.5 Å². The molecule has 1 aromatic heterocycles. The van der Waals surface area contributed by atoms with E-state index in [1.807, 2.05) is 23.3 Å². The smallest absolute Gasteiger partial charge is 0.264 e. The number of thiophene rings is 1. The molecular weight excluding hydrogens is 298 g/mol. The second-order valence-electron chi connectivity index (χ2n) is 6.35. The van der Waals surface area contributed by atoms with Gasteiger partial charge in [0.25, 0.3) is 5.91 Å². The number of carbonyl (C=O) groups is 1. The highest BCUT2D eigenvalue weighted by molar-refractivity contribution is 7.12. The first-order valence-corrected chi connectivity index (χ1v) is 9.15. The average Bonchev–Trinajstić information content (AvgIpc) is 3.03. The van der Waals surface area contributed by atoms with Gasteiger partial charge in [-0.15, -0.1) is 11.3 Å². The van der Waals surface area contributed by atoms with Gasteiger partial charge >= 0.3 is 0 Å². The lowest BCUT2D eigenvalue weighted by atomic mass is 9.58. The number of nitrogens with zero attached hydrogens (tertiary/aromatic N) is 1. The first kappa shape index (κ1) is 16.0. The quantitative estimate of drug-likeness (QED) is 0.927. The molecular formula is C17H25NO3S. The van der Waals surface area contributed by atoms with Crippen LogP contribution in [0.25, 0.3) is 0 Å². The van der Waals surface area contributed by atoms with Crippen LogP contribution in [0.2, 0.25) is 0 Å². The van der Waals surface area contributed by atoms with Crippen molar-refractivity contribution in [3.8, 4) is 0 Å². The molecule has 2 fully saturated rings. The van der Waals surface area contributed by atoms with Crippen molar-refractivity contribution in [1.82, 2.24) is 4.90 Å². The van der Waals surface area contributed by atoms with Gasteiger partial charge in [0.2, 0.25) is 0 Å². The van der Waals surface area contributed by atoms with E-state index < -0.39 is 0 Å². The molecule has 3 rings (SSSR count). The summed E-state index contributed by atoms with van der Waals surface area (Å²) in [6.07, 6.45) is 3.22. The van der Waals surface area contributed by atoms with Crippen LogP contribution in [0.15, 0.2) is 11.4 Å². The van der Waals surface area contributed by atoms with Gasteiger partial charge < -0.3 is 14.7 Å². The van der Waals surface area contributed by atoms with Crippen molar-refractivity contribution >= 4 is 17.2 Å². The van der Waals surface area contributed by atoms with Crippen molar-refractivity contribution in [3.63, 3.8) is 0 Å². The lowest BCUT2D eigenvalue weighted by molar-refractivity contribution is -0.207. The maximum absolute atomic E-state index is 12.7. The van der Waals surface area contributed by atoms with Crippen molar-refractivity contribution in [3.05, 3.63) is 21.9 Å². The molecule has 1 aliphatic carbocycles. The van der Waals surface area contributed by atoms with Gasteiger partial charge in [-0.25, -0.2) is 0 Å².